The third kappa shape index (κ3) is 3.91. The van der Waals surface area contributed by atoms with Crippen LogP contribution in [-0.2, 0) is 0 Å². The van der Waals surface area contributed by atoms with Crippen LogP contribution in [0.4, 0.5) is 0 Å². The predicted molar refractivity (Wildman–Crippen MR) is 72.2 cm³/mol. The topological polar surface area (TPSA) is 35.7 Å². The third-order valence-corrected chi connectivity index (χ3v) is 4.28. The van der Waals surface area contributed by atoms with E-state index in [9.17, 15) is 0 Å². The second-order valence-corrected chi connectivity index (χ2v) is 6.13. The largest absolute Gasteiger partial charge is 0.330 e. The molecule has 1 aliphatic carbocycles. The Labute approximate surface area is 106 Å². The molecule has 1 heterocycles. The zero-order valence-corrected chi connectivity index (χ0v) is 11.5. The number of nitrogens with two attached hydrogens (primary N) is 1. The van der Waals surface area contributed by atoms with E-state index in [1.807, 2.05) is 0 Å². The lowest BCUT2D eigenvalue weighted by atomic mass is 10.1. The molecule has 0 unspecified atom stereocenters. The van der Waals surface area contributed by atoms with Gasteiger partial charge in [0.25, 0.3) is 0 Å². The van der Waals surface area contributed by atoms with Crippen molar-refractivity contribution in [2.75, 3.05) is 66.5 Å². The van der Waals surface area contributed by atoms with Crippen LogP contribution in [0.15, 0.2) is 0 Å². The van der Waals surface area contributed by atoms with E-state index >= 15 is 0 Å². The van der Waals surface area contributed by atoms with E-state index in [-0.39, 0.29) is 0 Å². The second-order valence-electron chi connectivity index (χ2n) is 6.13. The highest BCUT2D eigenvalue weighted by Gasteiger charge is 2.42. The average molecular weight is 240 g/mol. The minimum absolute atomic E-state index is 0.506. The first-order valence-corrected chi connectivity index (χ1v) is 6.93. The second kappa shape index (κ2) is 5.65. The van der Waals surface area contributed by atoms with Gasteiger partial charge in [-0.15, -0.1) is 0 Å². The summed E-state index contributed by atoms with van der Waals surface area (Å²) in [5.74, 6) is 0. The van der Waals surface area contributed by atoms with Crippen LogP contribution in [0, 0.1) is 5.41 Å². The molecular formula is C13H28N4. The van der Waals surface area contributed by atoms with E-state index < -0.39 is 0 Å². The fraction of sp³-hybridized carbons (Fsp3) is 1.00. The van der Waals surface area contributed by atoms with Crippen molar-refractivity contribution in [2.24, 2.45) is 11.1 Å². The maximum absolute atomic E-state index is 5.85. The molecule has 17 heavy (non-hydrogen) atoms. The average Bonchev–Trinajstić information content (AvgIpc) is 3.09. The molecule has 1 saturated carbocycles. The summed E-state index contributed by atoms with van der Waals surface area (Å²) in [6.45, 7) is 9.43. The van der Waals surface area contributed by atoms with Crippen molar-refractivity contribution >= 4 is 0 Å². The first kappa shape index (κ1) is 13.3. The summed E-state index contributed by atoms with van der Waals surface area (Å²) in [6.07, 6.45) is 2.70. The van der Waals surface area contributed by atoms with Crippen LogP contribution in [0.2, 0.25) is 0 Å². The van der Waals surface area contributed by atoms with Gasteiger partial charge in [-0.25, -0.2) is 0 Å². The zero-order valence-electron chi connectivity index (χ0n) is 11.5. The molecule has 0 atom stereocenters. The lowest BCUT2D eigenvalue weighted by molar-refractivity contribution is 0.109. The van der Waals surface area contributed by atoms with Gasteiger partial charge in [0.2, 0.25) is 0 Å². The van der Waals surface area contributed by atoms with Gasteiger partial charge in [0, 0.05) is 45.8 Å². The first-order chi connectivity index (χ1) is 8.13. The molecule has 0 amide bonds. The van der Waals surface area contributed by atoms with Crippen LogP contribution in [0.3, 0.4) is 0 Å². The molecule has 1 aliphatic heterocycles. The normalized spacial score (nSPS) is 25.4. The van der Waals surface area contributed by atoms with E-state index in [4.69, 9.17) is 5.73 Å². The van der Waals surface area contributed by atoms with Crippen LogP contribution < -0.4 is 5.73 Å². The lowest BCUT2D eigenvalue weighted by Crippen LogP contribution is -2.49. The summed E-state index contributed by atoms with van der Waals surface area (Å²) in [5.41, 5.74) is 6.36. The molecule has 4 nitrogen and oxygen atoms in total. The third-order valence-electron chi connectivity index (χ3n) is 4.28. The Morgan fingerprint density at radius 2 is 1.65 bits per heavy atom. The molecular weight excluding hydrogens is 212 g/mol. The number of piperazine rings is 1. The Morgan fingerprint density at radius 3 is 2.12 bits per heavy atom. The van der Waals surface area contributed by atoms with Crippen molar-refractivity contribution in [3.63, 3.8) is 0 Å². The van der Waals surface area contributed by atoms with E-state index in [1.165, 1.54) is 58.7 Å². The first-order valence-electron chi connectivity index (χ1n) is 6.93. The zero-order chi connectivity index (χ0) is 12.3. The van der Waals surface area contributed by atoms with Crippen molar-refractivity contribution in [2.45, 2.75) is 12.8 Å². The Kier molecular flexibility index (Phi) is 4.42. The van der Waals surface area contributed by atoms with Gasteiger partial charge in [0.15, 0.2) is 0 Å². The smallest absolute Gasteiger partial charge is 0.0110 e. The minimum atomic E-state index is 0.506. The Morgan fingerprint density at radius 1 is 1.06 bits per heavy atom. The van der Waals surface area contributed by atoms with E-state index in [2.05, 4.69) is 28.8 Å². The number of likely N-dealkylation sites (N-methyl/N-ethyl adjacent to an activating group) is 1. The van der Waals surface area contributed by atoms with Gasteiger partial charge in [0.1, 0.15) is 0 Å². The lowest BCUT2D eigenvalue weighted by Gasteiger charge is -2.36. The molecule has 100 valence electrons. The van der Waals surface area contributed by atoms with Gasteiger partial charge in [-0.3, -0.25) is 4.90 Å². The number of hydrogen-bond donors (Lipinski definition) is 1. The van der Waals surface area contributed by atoms with Crippen molar-refractivity contribution in [1.82, 2.24) is 14.7 Å². The molecule has 2 fully saturated rings. The number of hydrogen-bond acceptors (Lipinski definition) is 4. The molecule has 2 aliphatic rings. The number of nitrogens with zero attached hydrogens (tertiary/aromatic N) is 3. The monoisotopic (exact) mass is 240 g/mol. The molecule has 1 saturated heterocycles. The molecule has 0 spiro atoms. The molecule has 2 rings (SSSR count). The van der Waals surface area contributed by atoms with Crippen LogP contribution >= 0.6 is 0 Å². The van der Waals surface area contributed by atoms with Gasteiger partial charge >= 0.3 is 0 Å². The molecule has 0 radical (unpaired) electrons. The van der Waals surface area contributed by atoms with Crippen LogP contribution in [0.5, 0.6) is 0 Å². The van der Waals surface area contributed by atoms with Gasteiger partial charge in [-0.05, 0) is 38.9 Å². The molecule has 0 aromatic carbocycles. The standard InChI is InChI=1S/C13H28N4/c1-15(2)5-6-16-7-9-17(10-8-16)12-13(11-14)3-4-13/h3-12,14H2,1-2H3. The van der Waals surface area contributed by atoms with E-state index in [0.717, 1.165) is 6.54 Å². The van der Waals surface area contributed by atoms with Crippen molar-refractivity contribution in [1.29, 1.82) is 0 Å². The van der Waals surface area contributed by atoms with Crippen molar-refractivity contribution in [3.05, 3.63) is 0 Å². The van der Waals surface area contributed by atoms with Crippen molar-refractivity contribution < 1.29 is 0 Å². The van der Waals surface area contributed by atoms with Gasteiger partial charge < -0.3 is 15.5 Å². The molecule has 0 aromatic heterocycles. The van der Waals surface area contributed by atoms with Gasteiger partial charge in [-0.2, -0.15) is 0 Å². The van der Waals surface area contributed by atoms with Crippen LogP contribution in [-0.4, -0.2) is 81.2 Å². The van der Waals surface area contributed by atoms with Crippen molar-refractivity contribution in [3.8, 4) is 0 Å². The quantitative estimate of drug-likeness (QED) is 0.703. The summed E-state index contributed by atoms with van der Waals surface area (Å²) in [4.78, 5) is 7.46. The highest BCUT2D eigenvalue weighted by atomic mass is 15.3. The molecule has 4 heteroatoms. The van der Waals surface area contributed by atoms with Gasteiger partial charge in [-0.1, -0.05) is 0 Å². The van der Waals surface area contributed by atoms with E-state index in [0.29, 0.717) is 5.41 Å². The Bertz CT molecular complexity index is 230. The van der Waals surface area contributed by atoms with Crippen LogP contribution in [0.25, 0.3) is 0 Å². The van der Waals surface area contributed by atoms with E-state index in [1.54, 1.807) is 0 Å². The SMILES string of the molecule is CN(C)CCN1CCN(CC2(CN)CC2)CC1. The summed E-state index contributed by atoms with van der Waals surface area (Å²) in [7, 11) is 4.29. The fourth-order valence-corrected chi connectivity index (χ4v) is 2.59. The Balaban J connectivity index is 1.64. The van der Waals surface area contributed by atoms with Crippen LogP contribution in [0.1, 0.15) is 12.8 Å². The maximum Gasteiger partial charge on any atom is 0.0110 e. The highest BCUT2D eigenvalue weighted by Crippen LogP contribution is 2.45. The fourth-order valence-electron chi connectivity index (χ4n) is 2.59. The van der Waals surface area contributed by atoms with Gasteiger partial charge in [0.05, 0.1) is 0 Å². The molecule has 2 N–H and O–H groups in total. The molecule has 0 aromatic rings. The number of rotatable bonds is 6. The minimum Gasteiger partial charge on any atom is -0.330 e. The summed E-state index contributed by atoms with van der Waals surface area (Å²) in [6, 6.07) is 0. The summed E-state index contributed by atoms with van der Waals surface area (Å²) in [5, 5.41) is 0. The molecule has 0 bridgehead atoms. The highest BCUT2D eigenvalue weighted by molar-refractivity contribution is 4.96. The summed E-state index contributed by atoms with van der Waals surface area (Å²) >= 11 is 0. The Hall–Kier alpha value is -0.160. The summed E-state index contributed by atoms with van der Waals surface area (Å²) < 4.78 is 0. The maximum atomic E-state index is 5.85. The predicted octanol–water partition coefficient (Wildman–Crippen LogP) is -0.0955.